The number of carbonyl (C=O) groups excluding carboxylic acids is 1. The molecule has 132 valence electrons. The molecule has 2 aromatic rings. The average molecular weight is 354 g/mol. The van der Waals surface area contributed by atoms with E-state index in [1.54, 1.807) is 0 Å². The lowest BCUT2D eigenvalue weighted by molar-refractivity contribution is -0.137. The van der Waals surface area contributed by atoms with Crippen LogP contribution in [0.4, 0.5) is 23.2 Å². The summed E-state index contributed by atoms with van der Waals surface area (Å²) >= 11 is 0. The molecule has 1 aliphatic heterocycles. The summed E-state index contributed by atoms with van der Waals surface area (Å²) in [7, 11) is 0. The molecule has 0 saturated carbocycles. The molecule has 1 amide bonds. The van der Waals surface area contributed by atoms with Crippen LogP contribution in [0.5, 0.6) is 5.75 Å². The molecule has 1 N–H and O–H groups in total. The van der Waals surface area contributed by atoms with E-state index in [4.69, 9.17) is 4.74 Å². The third kappa shape index (κ3) is 3.57. The number of halogens is 4. The molecular weight excluding hydrogens is 340 g/mol. The minimum Gasteiger partial charge on any atom is -0.484 e. The van der Waals surface area contributed by atoms with Crippen molar-refractivity contribution in [3.63, 3.8) is 0 Å². The molecule has 1 unspecified atom stereocenters. The topological polar surface area (TPSA) is 51.2 Å². The highest BCUT2D eigenvalue weighted by molar-refractivity contribution is 5.90. The number of nitrogens with one attached hydrogen (secondary N) is 1. The molecule has 1 aromatic heterocycles. The number of amides is 1. The second-order valence-corrected chi connectivity index (χ2v) is 5.70. The Bertz CT molecular complexity index is 821. The Balaban J connectivity index is 1.99. The van der Waals surface area contributed by atoms with Crippen molar-refractivity contribution in [2.24, 2.45) is 0 Å². The molecule has 3 rings (SSSR count). The number of hydrogen-bond acceptors (Lipinski definition) is 3. The number of aryl methyl sites for hydroxylation is 1. The average Bonchev–Trinajstić information content (AvgIpc) is 2.52. The first-order chi connectivity index (χ1) is 11.8. The normalized spacial score (nSPS) is 16.8. The Labute approximate surface area is 140 Å². The SMILES string of the molecule is CC(=O)Nc1cc2c(cc1C(F)(F)F)CCC(c1ncccc1F)O2. The molecule has 0 fully saturated rings. The van der Waals surface area contributed by atoms with Gasteiger partial charge in [-0.05, 0) is 36.6 Å². The molecule has 0 aliphatic carbocycles. The lowest BCUT2D eigenvalue weighted by atomic mass is 9.97. The highest BCUT2D eigenvalue weighted by Gasteiger charge is 2.36. The monoisotopic (exact) mass is 354 g/mol. The summed E-state index contributed by atoms with van der Waals surface area (Å²) in [5, 5.41) is 2.17. The maximum Gasteiger partial charge on any atom is 0.418 e. The number of rotatable bonds is 2. The lowest BCUT2D eigenvalue weighted by Gasteiger charge is -2.27. The number of fused-ring (bicyclic) bond motifs is 1. The van der Waals surface area contributed by atoms with Crippen molar-refractivity contribution < 1.29 is 27.1 Å². The second-order valence-electron chi connectivity index (χ2n) is 5.70. The second kappa shape index (κ2) is 6.34. The highest BCUT2D eigenvalue weighted by Crippen LogP contribution is 2.43. The Morgan fingerprint density at radius 1 is 1.36 bits per heavy atom. The molecule has 8 heteroatoms. The van der Waals surface area contributed by atoms with Crippen molar-refractivity contribution in [2.75, 3.05) is 5.32 Å². The minimum atomic E-state index is -4.61. The number of anilines is 1. The predicted octanol–water partition coefficient (Wildman–Crippen LogP) is 4.26. The quantitative estimate of drug-likeness (QED) is 0.820. The van der Waals surface area contributed by atoms with E-state index in [2.05, 4.69) is 10.3 Å². The number of carbonyl (C=O) groups is 1. The highest BCUT2D eigenvalue weighted by atomic mass is 19.4. The van der Waals surface area contributed by atoms with Crippen molar-refractivity contribution in [1.29, 1.82) is 0 Å². The van der Waals surface area contributed by atoms with E-state index in [1.165, 1.54) is 18.3 Å². The summed E-state index contributed by atoms with van der Waals surface area (Å²) in [6.45, 7) is 1.12. The van der Waals surface area contributed by atoms with Gasteiger partial charge in [0.05, 0.1) is 11.3 Å². The van der Waals surface area contributed by atoms with E-state index in [0.29, 0.717) is 12.0 Å². The fraction of sp³-hybridized carbons (Fsp3) is 0.294. The van der Waals surface area contributed by atoms with Gasteiger partial charge in [-0.1, -0.05) is 0 Å². The minimum absolute atomic E-state index is 0.106. The van der Waals surface area contributed by atoms with E-state index in [0.717, 1.165) is 19.1 Å². The van der Waals surface area contributed by atoms with Crippen LogP contribution in [-0.4, -0.2) is 10.9 Å². The molecule has 1 atom stereocenters. The van der Waals surface area contributed by atoms with Gasteiger partial charge in [-0.15, -0.1) is 0 Å². The summed E-state index contributed by atoms with van der Waals surface area (Å²) in [6, 6.07) is 4.79. The van der Waals surface area contributed by atoms with Crippen LogP contribution in [0.25, 0.3) is 0 Å². The molecule has 0 radical (unpaired) electrons. The Morgan fingerprint density at radius 2 is 2.12 bits per heavy atom. The zero-order valence-electron chi connectivity index (χ0n) is 13.2. The first-order valence-corrected chi connectivity index (χ1v) is 7.54. The third-order valence-electron chi connectivity index (χ3n) is 3.85. The molecule has 1 aliphatic rings. The van der Waals surface area contributed by atoms with Gasteiger partial charge in [-0.2, -0.15) is 13.2 Å². The largest absolute Gasteiger partial charge is 0.484 e. The number of nitrogens with zero attached hydrogens (tertiary/aromatic N) is 1. The van der Waals surface area contributed by atoms with Crippen LogP contribution in [-0.2, 0) is 17.4 Å². The van der Waals surface area contributed by atoms with Gasteiger partial charge < -0.3 is 10.1 Å². The molecule has 25 heavy (non-hydrogen) atoms. The fourth-order valence-corrected chi connectivity index (χ4v) is 2.78. The van der Waals surface area contributed by atoms with E-state index in [1.807, 2.05) is 0 Å². The summed E-state index contributed by atoms with van der Waals surface area (Å²) in [5.41, 5.74) is -0.864. The van der Waals surface area contributed by atoms with Crippen molar-refractivity contribution in [3.05, 3.63) is 53.1 Å². The Morgan fingerprint density at radius 3 is 2.76 bits per heavy atom. The number of aromatic nitrogens is 1. The van der Waals surface area contributed by atoms with Crippen LogP contribution in [0, 0.1) is 5.82 Å². The number of pyridine rings is 1. The van der Waals surface area contributed by atoms with Crippen LogP contribution in [0.3, 0.4) is 0 Å². The zero-order valence-corrected chi connectivity index (χ0v) is 13.2. The maximum atomic E-state index is 13.9. The third-order valence-corrected chi connectivity index (χ3v) is 3.85. The number of alkyl halides is 3. The Kier molecular flexibility index (Phi) is 4.36. The van der Waals surface area contributed by atoms with E-state index in [9.17, 15) is 22.4 Å². The van der Waals surface area contributed by atoms with E-state index < -0.39 is 29.6 Å². The van der Waals surface area contributed by atoms with Crippen LogP contribution in [0.1, 0.15) is 36.3 Å². The smallest absolute Gasteiger partial charge is 0.418 e. The van der Waals surface area contributed by atoms with Crippen LogP contribution in [0.2, 0.25) is 0 Å². The van der Waals surface area contributed by atoms with Crippen LogP contribution >= 0.6 is 0 Å². The van der Waals surface area contributed by atoms with Crippen LogP contribution in [0.15, 0.2) is 30.5 Å². The summed E-state index contributed by atoms with van der Waals surface area (Å²) in [6.07, 6.45) is -3.31. The lowest BCUT2D eigenvalue weighted by Crippen LogP contribution is -2.20. The standard InChI is InChI=1S/C17H14F4N2O2/c1-9(24)23-13-8-15-10(7-11(13)17(19,20)21)4-5-14(25-15)16-12(18)3-2-6-22-16/h2-3,6-8,14H,4-5H2,1H3,(H,23,24). The van der Waals surface area contributed by atoms with Gasteiger partial charge in [-0.3, -0.25) is 9.78 Å². The van der Waals surface area contributed by atoms with Crippen molar-refractivity contribution in [2.45, 2.75) is 32.0 Å². The zero-order chi connectivity index (χ0) is 18.2. The van der Waals surface area contributed by atoms with E-state index >= 15 is 0 Å². The van der Waals surface area contributed by atoms with Gasteiger partial charge in [-0.25, -0.2) is 4.39 Å². The van der Waals surface area contributed by atoms with Gasteiger partial charge in [0, 0.05) is 19.2 Å². The molecule has 0 spiro atoms. The molecule has 0 bridgehead atoms. The van der Waals surface area contributed by atoms with Gasteiger partial charge >= 0.3 is 6.18 Å². The molecule has 1 aromatic carbocycles. The molecule has 2 heterocycles. The summed E-state index contributed by atoms with van der Waals surface area (Å²) in [4.78, 5) is 15.2. The predicted molar refractivity (Wildman–Crippen MR) is 81.6 cm³/mol. The molecular formula is C17H14F4N2O2. The molecule has 0 saturated heterocycles. The molecule has 4 nitrogen and oxygen atoms in total. The summed E-state index contributed by atoms with van der Waals surface area (Å²) in [5.74, 6) is -0.989. The fourth-order valence-electron chi connectivity index (χ4n) is 2.78. The first kappa shape index (κ1) is 17.2. The van der Waals surface area contributed by atoms with Gasteiger partial charge in [0.2, 0.25) is 5.91 Å². The number of hydrogen-bond donors (Lipinski definition) is 1. The number of benzene rings is 1. The van der Waals surface area contributed by atoms with Gasteiger partial charge in [0.15, 0.2) is 0 Å². The van der Waals surface area contributed by atoms with Crippen molar-refractivity contribution >= 4 is 11.6 Å². The summed E-state index contributed by atoms with van der Waals surface area (Å²) < 4.78 is 59.2. The van der Waals surface area contributed by atoms with Crippen molar-refractivity contribution in [1.82, 2.24) is 4.98 Å². The first-order valence-electron chi connectivity index (χ1n) is 7.54. The van der Waals surface area contributed by atoms with Gasteiger partial charge in [0.25, 0.3) is 0 Å². The Hall–Kier alpha value is -2.64. The van der Waals surface area contributed by atoms with Crippen LogP contribution < -0.4 is 10.1 Å². The van der Waals surface area contributed by atoms with E-state index in [-0.39, 0.29) is 23.6 Å². The van der Waals surface area contributed by atoms with Crippen molar-refractivity contribution in [3.8, 4) is 5.75 Å². The van der Waals surface area contributed by atoms with Gasteiger partial charge in [0.1, 0.15) is 23.4 Å². The number of ether oxygens (including phenoxy) is 1. The maximum absolute atomic E-state index is 13.9.